The first-order valence-electron chi connectivity index (χ1n) is 9.82. The first kappa shape index (κ1) is 25.5. The fourth-order valence-corrected chi connectivity index (χ4v) is 2.40. The molecule has 0 amide bonds. The van der Waals surface area contributed by atoms with Gasteiger partial charge >= 0.3 is 6.36 Å². The van der Waals surface area contributed by atoms with Crippen LogP contribution in [0.5, 0.6) is 0 Å². The van der Waals surface area contributed by atoms with Gasteiger partial charge in [0.2, 0.25) is 0 Å². The van der Waals surface area contributed by atoms with Crippen LogP contribution in [0.3, 0.4) is 0 Å². The largest absolute Gasteiger partial charge is 0.573 e. The van der Waals surface area contributed by atoms with Gasteiger partial charge in [-0.3, -0.25) is 0 Å². The Bertz CT molecular complexity index is 1030. The summed E-state index contributed by atoms with van der Waals surface area (Å²) in [6.45, 7) is 5.48. The maximum atomic E-state index is 12.2. The summed E-state index contributed by atoms with van der Waals surface area (Å²) in [6.07, 6.45) is -1.40. The topological polar surface area (TPSA) is 82.1 Å². The molecular formula is C23H24F3N5O2. The molecule has 0 aromatic heterocycles. The van der Waals surface area contributed by atoms with E-state index in [0.29, 0.717) is 29.3 Å². The van der Waals surface area contributed by atoms with E-state index in [1.807, 2.05) is 36.2 Å². The van der Waals surface area contributed by atoms with Gasteiger partial charge in [0.05, 0.1) is 29.4 Å². The molecule has 7 nitrogen and oxygen atoms in total. The van der Waals surface area contributed by atoms with Gasteiger partial charge in [-0.15, -0.1) is 13.2 Å². The molecule has 0 bridgehead atoms. The van der Waals surface area contributed by atoms with Gasteiger partial charge in [0, 0.05) is 19.3 Å². The van der Waals surface area contributed by atoms with Crippen molar-refractivity contribution in [3.05, 3.63) is 84.8 Å². The van der Waals surface area contributed by atoms with Gasteiger partial charge in [-0.1, -0.05) is 6.58 Å². The minimum Gasteiger partial charge on any atom is -0.406 e. The minimum atomic E-state index is -4.79. The molecule has 0 unspecified atom stereocenters. The normalized spacial score (nSPS) is 13.0. The summed E-state index contributed by atoms with van der Waals surface area (Å²) in [5, 5.41) is 25.3. The van der Waals surface area contributed by atoms with Crippen molar-refractivity contribution >= 4 is 22.7 Å². The molecule has 0 atom stereocenters. The van der Waals surface area contributed by atoms with Crippen molar-refractivity contribution in [3.8, 4) is 0 Å². The first-order chi connectivity index (χ1) is 15.7. The second-order valence-corrected chi connectivity index (χ2v) is 6.71. The van der Waals surface area contributed by atoms with E-state index in [4.69, 9.17) is 5.11 Å². The lowest BCUT2D eigenvalue weighted by Crippen LogP contribution is -2.20. The van der Waals surface area contributed by atoms with Crippen LogP contribution in [0.4, 0.5) is 35.9 Å². The van der Waals surface area contributed by atoms with Gasteiger partial charge in [0.1, 0.15) is 5.76 Å². The number of likely N-dealkylation sites (N-methyl/N-ethyl adjacent to an activating group) is 1. The van der Waals surface area contributed by atoms with Crippen LogP contribution < -0.4 is 4.90 Å². The third-order valence-electron chi connectivity index (χ3n) is 4.10. The van der Waals surface area contributed by atoms with Crippen molar-refractivity contribution in [2.24, 2.45) is 20.5 Å². The third kappa shape index (κ3) is 9.48. The molecule has 0 spiro atoms. The Balaban J connectivity index is 1.98. The highest BCUT2D eigenvalue weighted by Gasteiger charge is 2.31. The SMILES string of the molecule is C=C/C(=C\C=C(/C)N=Nc1ccc(N=Nc2ccc(N(C)CCO)cc2)cc1)OC(F)(F)F. The van der Waals surface area contributed by atoms with Gasteiger partial charge in [0.25, 0.3) is 0 Å². The fraction of sp³-hybridized carbons (Fsp3) is 0.217. The van der Waals surface area contributed by atoms with Gasteiger partial charge in [0.15, 0.2) is 0 Å². The number of hydrogen-bond donors (Lipinski definition) is 1. The highest BCUT2D eigenvalue weighted by molar-refractivity contribution is 5.53. The molecule has 2 aromatic carbocycles. The number of hydrogen-bond acceptors (Lipinski definition) is 7. The van der Waals surface area contributed by atoms with E-state index in [-0.39, 0.29) is 6.61 Å². The average Bonchev–Trinajstić information content (AvgIpc) is 2.79. The number of aliphatic hydroxyl groups excluding tert-OH is 1. The second kappa shape index (κ2) is 12.3. The zero-order valence-electron chi connectivity index (χ0n) is 18.2. The van der Waals surface area contributed by atoms with Crippen LogP contribution in [0.1, 0.15) is 6.92 Å². The average molecular weight is 459 g/mol. The molecule has 2 aromatic rings. The van der Waals surface area contributed by atoms with Crippen molar-refractivity contribution in [2.75, 3.05) is 25.1 Å². The molecule has 174 valence electrons. The number of alkyl halides is 3. The number of anilines is 1. The fourth-order valence-electron chi connectivity index (χ4n) is 2.40. The zero-order chi connectivity index (χ0) is 24.3. The Morgan fingerprint density at radius 2 is 1.48 bits per heavy atom. The molecule has 10 heteroatoms. The molecule has 33 heavy (non-hydrogen) atoms. The minimum absolute atomic E-state index is 0.0770. The summed E-state index contributed by atoms with van der Waals surface area (Å²) in [5.74, 6) is -0.446. The lowest BCUT2D eigenvalue weighted by Gasteiger charge is -2.17. The van der Waals surface area contributed by atoms with E-state index < -0.39 is 12.1 Å². The lowest BCUT2D eigenvalue weighted by molar-refractivity contribution is -0.303. The maximum Gasteiger partial charge on any atom is 0.573 e. The van der Waals surface area contributed by atoms with Crippen molar-refractivity contribution in [2.45, 2.75) is 13.3 Å². The molecule has 0 saturated carbocycles. The van der Waals surface area contributed by atoms with Crippen molar-refractivity contribution in [1.29, 1.82) is 0 Å². The van der Waals surface area contributed by atoms with Gasteiger partial charge < -0.3 is 14.7 Å². The number of nitrogens with zero attached hydrogens (tertiary/aromatic N) is 5. The number of halogens is 3. The van der Waals surface area contributed by atoms with E-state index in [1.54, 1.807) is 31.2 Å². The zero-order valence-corrected chi connectivity index (χ0v) is 18.2. The molecule has 0 heterocycles. The molecule has 0 aliphatic rings. The number of azo groups is 2. The van der Waals surface area contributed by atoms with Gasteiger partial charge in [-0.25, -0.2) is 0 Å². The highest BCUT2D eigenvalue weighted by atomic mass is 19.4. The van der Waals surface area contributed by atoms with Crippen LogP contribution in [0, 0.1) is 0 Å². The van der Waals surface area contributed by atoms with E-state index in [2.05, 4.69) is 31.8 Å². The molecule has 0 radical (unpaired) electrons. The summed E-state index contributed by atoms with van der Waals surface area (Å²) in [4.78, 5) is 1.93. The molecule has 1 N–H and O–H groups in total. The molecule has 2 rings (SSSR count). The molecule has 0 saturated heterocycles. The van der Waals surface area contributed by atoms with Gasteiger partial charge in [-0.2, -0.15) is 20.5 Å². The Morgan fingerprint density at radius 1 is 0.970 bits per heavy atom. The summed E-state index contributed by atoms with van der Waals surface area (Å²) >= 11 is 0. The van der Waals surface area contributed by atoms with Crippen molar-refractivity contribution < 1.29 is 23.0 Å². The van der Waals surface area contributed by atoms with Crippen LogP contribution >= 0.6 is 0 Å². The van der Waals surface area contributed by atoms with Crippen LogP contribution in [-0.2, 0) is 4.74 Å². The Kier molecular flexibility index (Phi) is 9.49. The Hall–Kier alpha value is -3.79. The predicted octanol–water partition coefficient (Wildman–Crippen LogP) is 7.12. The predicted molar refractivity (Wildman–Crippen MR) is 121 cm³/mol. The standard InChI is InChI=1S/C23H24F3N5O2/c1-4-22(33-23(24,25)26)14-5-17(2)27-28-18-6-8-19(9-7-18)29-30-20-10-12-21(13-11-20)31(3)15-16-32/h4-14,32H,1,15-16H2,2-3H3/b17-5+,22-14+,28-27?,30-29?. The molecule has 0 aliphatic heterocycles. The third-order valence-corrected chi connectivity index (χ3v) is 4.10. The second-order valence-electron chi connectivity index (χ2n) is 6.71. The smallest absolute Gasteiger partial charge is 0.406 e. The van der Waals surface area contributed by atoms with Crippen LogP contribution in [-0.4, -0.2) is 31.7 Å². The highest BCUT2D eigenvalue weighted by Crippen LogP contribution is 2.24. The number of allylic oxidation sites excluding steroid dienone is 4. The van der Waals surface area contributed by atoms with Crippen molar-refractivity contribution in [1.82, 2.24) is 0 Å². The summed E-state index contributed by atoms with van der Waals surface area (Å²) in [6, 6.07) is 14.3. The number of ether oxygens (including phenoxy) is 1. The van der Waals surface area contributed by atoms with Crippen LogP contribution in [0.15, 0.2) is 105 Å². The Labute approximate surface area is 189 Å². The monoisotopic (exact) mass is 459 g/mol. The first-order valence-corrected chi connectivity index (χ1v) is 9.82. The quantitative estimate of drug-likeness (QED) is 0.233. The number of benzene rings is 2. The number of rotatable bonds is 10. The van der Waals surface area contributed by atoms with E-state index in [1.165, 1.54) is 6.08 Å². The summed E-state index contributed by atoms with van der Waals surface area (Å²) in [7, 11) is 1.89. The van der Waals surface area contributed by atoms with E-state index in [9.17, 15) is 13.2 Å². The molecule has 0 fully saturated rings. The summed E-state index contributed by atoms with van der Waals surface area (Å²) in [5.41, 5.74) is 3.17. The van der Waals surface area contributed by atoms with Crippen LogP contribution in [0.25, 0.3) is 0 Å². The van der Waals surface area contributed by atoms with E-state index in [0.717, 1.165) is 17.8 Å². The van der Waals surface area contributed by atoms with Crippen molar-refractivity contribution in [3.63, 3.8) is 0 Å². The number of aliphatic hydroxyl groups is 1. The summed E-state index contributed by atoms with van der Waals surface area (Å²) < 4.78 is 40.5. The van der Waals surface area contributed by atoms with E-state index >= 15 is 0 Å². The lowest BCUT2D eigenvalue weighted by atomic mass is 10.2. The van der Waals surface area contributed by atoms with Gasteiger partial charge in [-0.05, 0) is 73.7 Å². The molecular weight excluding hydrogens is 435 g/mol. The Morgan fingerprint density at radius 3 is 1.97 bits per heavy atom. The van der Waals surface area contributed by atoms with Crippen LogP contribution in [0.2, 0.25) is 0 Å². The maximum absolute atomic E-state index is 12.2. The molecule has 0 aliphatic carbocycles.